The van der Waals surface area contributed by atoms with E-state index in [1.165, 1.54) is 18.4 Å². The summed E-state index contributed by atoms with van der Waals surface area (Å²) in [6.45, 7) is 6.88. The molecule has 0 atom stereocenters. The molecule has 4 rings (SSSR count). The molecule has 1 aromatic carbocycles. The largest absolute Gasteiger partial charge is 0.322 e. The quantitative estimate of drug-likeness (QED) is 0.565. The van der Waals surface area contributed by atoms with E-state index in [4.69, 9.17) is 0 Å². The van der Waals surface area contributed by atoms with Crippen LogP contribution in [0.25, 0.3) is 0 Å². The summed E-state index contributed by atoms with van der Waals surface area (Å²) in [5, 5.41) is 5.65. The second kappa shape index (κ2) is 10.1. The molecule has 7 heteroatoms. The van der Waals surface area contributed by atoms with Gasteiger partial charge in [0.05, 0.1) is 5.56 Å². The maximum absolute atomic E-state index is 13.0. The minimum Gasteiger partial charge on any atom is -0.322 e. The standard InChI is InChI=1S/C27H31N5O2/c1-27(2,21-12-17-32(3)18-13-21)20-6-8-22(9-7-20)30-26(34)23-5-4-14-29-24(23)31-25(33)19-10-15-28-16-11-19/h4-11,14-16,21H,12-13,17-18H2,1-3H3,(H,30,34)(H,29,31,33). The van der Waals surface area contributed by atoms with Gasteiger partial charge in [0.1, 0.15) is 5.82 Å². The number of aromatic nitrogens is 2. The third-order valence-electron chi connectivity index (χ3n) is 6.85. The molecule has 1 saturated heterocycles. The number of anilines is 2. The number of nitrogens with one attached hydrogen (secondary N) is 2. The van der Waals surface area contributed by atoms with E-state index in [-0.39, 0.29) is 23.0 Å². The summed E-state index contributed by atoms with van der Waals surface area (Å²) in [7, 11) is 2.18. The fourth-order valence-electron chi connectivity index (χ4n) is 4.52. The molecule has 1 aliphatic heterocycles. The molecule has 2 aromatic heterocycles. The Hall–Kier alpha value is -3.58. The fraction of sp³-hybridized carbons (Fsp3) is 0.333. The van der Waals surface area contributed by atoms with Crippen molar-refractivity contribution in [2.45, 2.75) is 32.1 Å². The first kappa shape index (κ1) is 23.6. The molecule has 2 amide bonds. The van der Waals surface area contributed by atoms with Crippen LogP contribution in [0.1, 0.15) is 53.0 Å². The average molecular weight is 458 g/mol. The molecule has 3 aromatic rings. The van der Waals surface area contributed by atoms with Gasteiger partial charge in [-0.05, 0) is 86.3 Å². The van der Waals surface area contributed by atoms with Crippen molar-refractivity contribution in [2.24, 2.45) is 5.92 Å². The van der Waals surface area contributed by atoms with Crippen LogP contribution < -0.4 is 10.6 Å². The molecule has 34 heavy (non-hydrogen) atoms. The van der Waals surface area contributed by atoms with Crippen molar-refractivity contribution in [3.8, 4) is 0 Å². The number of hydrogen-bond acceptors (Lipinski definition) is 5. The monoisotopic (exact) mass is 457 g/mol. The third kappa shape index (κ3) is 5.31. The Balaban J connectivity index is 1.45. The molecule has 0 bridgehead atoms. The minimum absolute atomic E-state index is 0.0670. The number of amides is 2. The van der Waals surface area contributed by atoms with Crippen LogP contribution in [0.5, 0.6) is 0 Å². The summed E-state index contributed by atoms with van der Waals surface area (Å²) in [6, 6.07) is 14.6. The lowest BCUT2D eigenvalue weighted by Gasteiger charge is -2.40. The Bertz CT molecular complexity index is 1140. The maximum atomic E-state index is 13.0. The molecule has 1 fully saturated rings. The van der Waals surface area contributed by atoms with Gasteiger partial charge in [-0.3, -0.25) is 14.6 Å². The number of pyridine rings is 2. The van der Waals surface area contributed by atoms with Crippen molar-refractivity contribution in [3.63, 3.8) is 0 Å². The van der Waals surface area contributed by atoms with Gasteiger partial charge in [0.25, 0.3) is 11.8 Å². The molecule has 0 saturated carbocycles. The first-order valence-corrected chi connectivity index (χ1v) is 11.6. The van der Waals surface area contributed by atoms with Crippen molar-refractivity contribution >= 4 is 23.3 Å². The highest BCUT2D eigenvalue weighted by Gasteiger charge is 2.33. The van der Waals surface area contributed by atoms with Gasteiger partial charge in [-0.2, -0.15) is 0 Å². The molecule has 0 aliphatic carbocycles. The van der Waals surface area contributed by atoms with Gasteiger partial charge < -0.3 is 15.5 Å². The van der Waals surface area contributed by atoms with Crippen LogP contribution in [0.4, 0.5) is 11.5 Å². The molecular formula is C27H31N5O2. The Morgan fingerprint density at radius 3 is 2.26 bits per heavy atom. The van der Waals surface area contributed by atoms with E-state index >= 15 is 0 Å². The average Bonchev–Trinajstić information content (AvgIpc) is 2.85. The lowest BCUT2D eigenvalue weighted by Crippen LogP contribution is -2.39. The van der Waals surface area contributed by atoms with Crippen LogP contribution in [0.3, 0.4) is 0 Å². The Morgan fingerprint density at radius 2 is 1.59 bits per heavy atom. The van der Waals surface area contributed by atoms with Crippen molar-refractivity contribution in [1.29, 1.82) is 0 Å². The van der Waals surface area contributed by atoms with Crippen LogP contribution in [-0.2, 0) is 5.41 Å². The van der Waals surface area contributed by atoms with Crippen LogP contribution >= 0.6 is 0 Å². The van der Waals surface area contributed by atoms with Gasteiger partial charge in [-0.1, -0.05) is 26.0 Å². The molecule has 1 aliphatic rings. The van der Waals surface area contributed by atoms with E-state index in [0.717, 1.165) is 13.1 Å². The van der Waals surface area contributed by atoms with Crippen LogP contribution in [0, 0.1) is 5.92 Å². The number of likely N-dealkylation sites (tertiary alicyclic amines) is 1. The van der Waals surface area contributed by atoms with Crippen molar-refractivity contribution in [2.75, 3.05) is 30.8 Å². The Morgan fingerprint density at radius 1 is 0.912 bits per heavy atom. The van der Waals surface area contributed by atoms with Crippen molar-refractivity contribution in [3.05, 3.63) is 83.8 Å². The molecule has 0 spiro atoms. The van der Waals surface area contributed by atoms with E-state index in [1.54, 1.807) is 42.9 Å². The van der Waals surface area contributed by atoms with Crippen molar-refractivity contribution in [1.82, 2.24) is 14.9 Å². The summed E-state index contributed by atoms with van der Waals surface area (Å²) >= 11 is 0. The van der Waals surface area contributed by atoms with E-state index in [0.29, 0.717) is 22.7 Å². The van der Waals surface area contributed by atoms with Crippen LogP contribution in [0.15, 0.2) is 67.1 Å². The smallest absolute Gasteiger partial charge is 0.259 e. The molecule has 2 N–H and O–H groups in total. The summed E-state index contributed by atoms with van der Waals surface area (Å²) in [4.78, 5) is 36.0. The number of benzene rings is 1. The highest BCUT2D eigenvalue weighted by atomic mass is 16.2. The Kier molecular flexibility index (Phi) is 7.03. The lowest BCUT2D eigenvalue weighted by molar-refractivity contribution is 0.102. The van der Waals surface area contributed by atoms with Gasteiger partial charge in [0.15, 0.2) is 0 Å². The highest BCUT2D eigenvalue weighted by molar-refractivity contribution is 6.11. The van der Waals surface area contributed by atoms with Crippen LogP contribution in [0.2, 0.25) is 0 Å². The van der Waals surface area contributed by atoms with Gasteiger partial charge in [-0.25, -0.2) is 4.98 Å². The van der Waals surface area contributed by atoms with E-state index in [9.17, 15) is 9.59 Å². The molecule has 0 radical (unpaired) electrons. The molecule has 176 valence electrons. The van der Waals surface area contributed by atoms with Gasteiger partial charge in [0.2, 0.25) is 0 Å². The number of carbonyl (C=O) groups is 2. The molecule has 3 heterocycles. The predicted molar refractivity (Wildman–Crippen MR) is 134 cm³/mol. The number of carbonyl (C=O) groups excluding carboxylic acids is 2. The van der Waals surface area contributed by atoms with Gasteiger partial charge in [0, 0.05) is 29.8 Å². The van der Waals surface area contributed by atoms with E-state index in [2.05, 4.69) is 58.5 Å². The number of piperidine rings is 1. The van der Waals surface area contributed by atoms with E-state index in [1.807, 2.05) is 12.1 Å². The van der Waals surface area contributed by atoms with Crippen molar-refractivity contribution < 1.29 is 9.59 Å². The zero-order chi connectivity index (χ0) is 24.1. The summed E-state index contributed by atoms with van der Waals surface area (Å²) in [5.74, 6) is 0.157. The second-order valence-corrected chi connectivity index (χ2v) is 9.42. The topological polar surface area (TPSA) is 87.2 Å². The molecular weight excluding hydrogens is 426 g/mol. The number of nitrogens with zero attached hydrogens (tertiary/aromatic N) is 3. The normalized spacial score (nSPS) is 15.0. The molecule has 0 unspecified atom stereocenters. The predicted octanol–water partition coefficient (Wildman–Crippen LogP) is 4.60. The summed E-state index contributed by atoms with van der Waals surface area (Å²) < 4.78 is 0. The second-order valence-electron chi connectivity index (χ2n) is 9.42. The zero-order valence-electron chi connectivity index (χ0n) is 19.9. The maximum Gasteiger partial charge on any atom is 0.259 e. The zero-order valence-corrected chi connectivity index (χ0v) is 19.9. The summed E-state index contributed by atoms with van der Waals surface area (Å²) in [5.41, 5.74) is 2.77. The first-order valence-electron chi connectivity index (χ1n) is 11.6. The fourth-order valence-corrected chi connectivity index (χ4v) is 4.52. The van der Waals surface area contributed by atoms with Gasteiger partial charge in [-0.15, -0.1) is 0 Å². The van der Waals surface area contributed by atoms with Crippen LogP contribution in [-0.4, -0.2) is 46.8 Å². The number of hydrogen-bond donors (Lipinski definition) is 2. The molecule has 7 nitrogen and oxygen atoms in total. The SMILES string of the molecule is CN1CCC(C(C)(C)c2ccc(NC(=O)c3cccnc3NC(=O)c3ccncc3)cc2)CC1. The minimum atomic E-state index is -0.351. The highest BCUT2D eigenvalue weighted by Crippen LogP contribution is 2.38. The van der Waals surface area contributed by atoms with E-state index < -0.39 is 0 Å². The van der Waals surface area contributed by atoms with Gasteiger partial charge >= 0.3 is 0 Å². The first-order chi connectivity index (χ1) is 16.3. The third-order valence-corrected chi connectivity index (χ3v) is 6.85. The number of rotatable bonds is 6. The Labute approximate surface area is 200 Å². The summed E-state index contributed by atoms with van der Waals surface area (Å²) in [6.07, 6.45) is 7.00. The lowest BCUT2D eigenvalue weighted by atomic mass is 9.69.